The van der Waals surface area contributed by atoms with Crippen molar-refractivity contribution in [2.45, 2.75) is 38.4 Å². The molecule has 3 N–H and O–H groups in total. The Morgan fingerprint density at radius 3 is 2.81 bits per heavy atom. The molecular weight excluding hydrogens is 264 g/mol. The highest BCUT2D eigenvalue weighted by atomic mass is 16.2. The highest BCUT2D eigenvalue weighted by Gasteiger charge is 2.15. The van der Waals surface area contributed by atoms with Gasteiger partial charge in [-0.25, -0.2) is 4.98 Å². The summed E-state index contributed by atoms with van der Waals surface area (Å²) in [6.45, 7) is 2.65. The lowest BCUT2D eigenvalue weighted by Crippen LogP contribution is -2.45. The standard InChI is InChI=1S/C16H22N4O/c1-13(11-20-10-9-18-12-20)19-16(21)15(17)8-7-14-5-3-2-4-6-14/h2-6,9-10,12-13,15H,7-8,11,17H2,1H3,(H,19,21)/t13?,15-/m0/s1. The van der Waals surface area contributed by atoms with E-state index in [4.69, 9.17) is 5.73 Å². The van der Waals surface area contributed by atoms with E-state index in [-0.39, 0.29) is 11.9 Å². The minimum atomic E-state index is -0.476. The quantitative estimate of drug-likeness (QED) is 0.807. The molecule has 0 bridgehead atoms. The van der Waals surface area contributed by atoms with E-state index in [1.165, 1.54) is 5.56 Å². The van der Waals surface area contributed by atoms with Gasteiger partial charge in [0.05, 0.1) is 12.4 Å². The number of aromatic nitrogens is 2. The zero-order chi connectivity index (χ0) is 15.1. The number of rotatable bonds is 7. The normalized spacial score (nSPS) is 13.6. The van der Waals surface area contributed by atoms with E-state index in [0.29, 0.717) is 13.0 Å². The largest absolute Gasteiger partial charge is 0.351 e. The van der Waals surface area contributed by atoms with Crippen LogP contribution in [0.15, 0.2) is 49.1 Å². The van der Waals surface area contributed by atoms with Crippen molar-refractivity contribution in [1.82, 2.24) is 14.9 Å². The Labute approximate surface area is 125 Å². The van der Waals surface area contributed by atoms with Gasteiger partial charge < -0.3 is 15.6 Å². The highest BCUT2D eigenvalue weighted by Crippen LogP contribution is 2.04. The monoisotopic (exact) mass is 286 g/mol. The van der Waals surface area contributed by atoms with E-state index in [2.05, 4.69) is 10.3 Å². The van der Waals surface area contributed by atoms with Crippen LogP contribution >= 0.6 is 0 Å². The van der Waals surface area contributed by atoms with Gasteiger partial charge in [-0.3, -0.25) is 4.79 Å². The van der Waals surface area contributed by atoms with Crippen molar-refractivity contribution in [2.75, 3.05) is 0 Å². The molecule has 5 heteroatoms. The Morgan fingerprint density at radius 2 is 2.14 bits per heavy atom. The van der Waals surface area contributed by atoms with Gasteiger partial charge in [-0.05, 0) is 25.3 Å². The van der Waals surface area contributed by atoms with E-state index in [9.17, 15) is 4.79 Å². The van der Waals surface area contributed by atoms with Crippen molar-refractivity contribution in [3.63, 3.8) is 0 Å². The van der Waals surface area contributed by atoms with Gasteiger partial charge in [0.15, 0.2) is 0 Å². The number of amides is 1. The molecule has 1 heterocycles. The zero-order valence-corrected chi connectivity index (χ0v) is 12.3. The molecule has 2 aromatic rings. The van der Waals surface area contributed by atoms with E-state index in [1.807, 2.05) is 48.0 Å². The number of benzene rings is 1. The van der Waals surface area contributed by atoms with Crippen LogP contribution in [0.5, 0.6) is 0 Å². The predicted molar refractivity (Wildman–Crippen MR) is 82.6 cm³/mol. The molecule has 5 nitrogen and oxygen atoms in total. The number of hydrogen-bond donors (Lipinski definition) is 2. The fraction of sp³-hybridized carbons (Fsp3) is 0.375. The summed E-state index contributed by atoms with van der Waals surface area (Å²) in [6, 6.07) is 9.61. The average molecular weight is 286 g/mol. The van der Waals surface area contributed by atoms with Gasteiger partial charge in [0.1, 0.15) is 0 Å². The van der Waals surface area contributed by atoms with Crippen LogP contribution in [0.4, 0.5) is 0 Å². The molecule has 1 amide bonds. The molecule has 1 aromatic heterocycles. The molecule has 2 atom stereocenters. The van der Waals surface area contributed by atoms with Crippen LogP contribution in [0.25, 0.3) is 0 Å². The smallest absolute Gasteiger partial charge is 0.237 e. The van der Waals surface area contributed by atoms with Crippen LogP contribution in [0.1, 0.15) is 18.9 Å². The van der Waals surface area contributed by atoms with Crippen LogP contribution in [-0.4, -0.2) is 27.5 Å². The van der Waals surface area contributed by atoms with Crippen LogP contribution < -0.4 is 11.1 Å². The van der Waals surface area contributed by atoms with Crippen molar-refractivity contribution < 1.29 is 4.79 Å². The summed E-state index contributed by atoms with van der Waals surface area (Å²) in [5.41, 5.74) is 7.16. The number of nitrogens with one attached hydrogen (secondary N) is 1. The number of imidazole rings is 1. The minimum Gasteiger partial charge on any atom is -0.351 e. The first-order chi connectivity index (χ1) is 10.1. The molecule has 0 fully saturated rings. The Bertz CT molecular complexity index is 539. The first-order valence-corrected chi connectivity index (χ1v) is 7.21. The van der Waals surface area contributed by atoms with Gasteiger partial charge in [0, 0.05) is 25.0 Å². The van der Waals surface area contributed by atoms with Crippen molar-refractivity contribution in [2.24, 2.45) is 5.73 Å². The summed E-state index contributed by atoms with van der Waals surface area (Å²) in [5, 5.41) is 2.94. The summed E-state index contributed by atoms with van der Waals surface area (Å²) in [6.07, 6.45) is 6.79. The lowest BCUT2D eigenvalue weighted by molar-refractivity contribution is -0.123. The first kappa shape index (κ1) is 15.3. The maximum absolute atomic E-state index is 12.0. The fourth-order valence-corrected chi connectivity index (χ4v) is 2.20. The van der Waals surface area contributed by atoms with Crippen molar-refractivity contribution in [3.05, 3.63) is 54.6 Å². The lowest BCUT2D eigenvalue weighted by Gasteiger charge is -2.18. The summed E-state index contributed by atoms with van der Waals surface area (Å²) in [7, 11) is 0. The number of nitrogens with two attached hydrogens (primary N) is 1. The molecule has 0 aliphatic heterocycles. The SMILES string of the molecule is CC(Cn1ccnc1)NC(=O)[C@@H](N)CCc1ccccc1. The molecule has 0 aliphatic carbocycles. The zero-order valence-electron chi connectivity index (χ0n) is 12.3. The van der Waals surface area contributed by atoms with Crippen LogP contribution in [0.2, 0.25) is 0 Å². The lowest BCUT2D eigenvalue weighted by atomic mass is 10.1. The molecule has 2 rings (SSSR count). The predicted octanol–water partition coefficient (Wildman–Crippen LogP) is 1.35. The molecule has 21 heavy (non-hydrogen) atoms. The molecule has 0 saturated heterocycles. The fourth-order valence-electron chi connectivity index (χ4n) is 2.20. The molecule has 1 aromatic carbocycles. The van der Waals surface area contributed by atoms with E-state index in [1.54, 1.807) is 12.5 Å². The Balaban J connectivity index is 1.74. The summed E-state index contributed by atoms with van der Waals surface area (Å²) in [5.74, 6) is -0.0986. The third kappa shape index (κ3) is 5.04. The Kier molecular flexibility index (Phi) is 5.51. The van der Waals surface area contributed by atoms with Gasteiger partial charge in [-0.15, -0.1) is 0 Å². The highest BCUT2D eigenvalue weighted by molar-refractivity contribution is 5.81. The molecule has 0 saturated carbocycles. The second-order valence-electron chi connectivity index (χ2n) is 5.30. The van der Waals surface area contributed by atoms with Gasteiger partial charge >= 0.3 is 0 Å². The van der Waals surface area contributed by atoms with E-state index in [0.717, 1.165) is 6.42 Å². The Hall–Kier alpha value is -2.14. The van der Waals surface area contributed by atoms with Crippen molar-refractivity contribution >= 4 is 5.91 Å². The van der Waals surface area contributed by atoms with E-state index < -0.39 is 6.04 Å². The maximum atomic E-state index is 12.0. The summed E-state index contributed by atoms with van der Waals surface area (Å²) < 4.78 is 1.93. The number of aryl methyl sites for hydroxylation is 1. The number of carbonyl (C=O) groups excluding carboxylic acids is 1. The van der Waals surface area contributed by atoms with Crippen LogP contribution in [0.3, 0.4) is 0 Å². The van der Waals surface area contributed by atoms with Gasteiger partial charge in [0.2, 0.25) is 5.91 Å². The van der Waals surface area contributed by atoms with Gasteiger partial charge in [-0.1, -0.05) is 30.3 Å². The van der Waals surface area contributed by atoms with Crippen LogP contribution in [-0.2, 0) is 17.8 Å². The third-order valence-electron chi connectivity index (χ3n) is 3.36. The number of hydrogen-bond acceptors (Lipinski definition) is 3. The number of carbonyl (C=O) groups is 1. The molecule has 0 aliphatic rings. The number of nitrogens with zero attached hydrogens (tertiary/aromatic N) is 2. The third-order valence-corrected chi connectivity index (χ3v) is 3.36. The molecule has 1 unspecified atom stereocenters. The molecule has 0 radical (unpaired) electrons. The molecular formula is C16H22N4O. The van der Waals surface area contributed by atoms with Gasteiger partial charge in [0.25, 0.3) is 0 Å². The average Bonchev–Trinajstić information content (AvgIpc) is 2.98. The molecule has 112 valence electrons. The topological polar surface area (TPSA) is 72.9 Å². The van der Waals surface area contributed by atoms with Gasteiger partial charge in [-0.2, -0.15) is 0 Å². The van der Waals surface area contributed by atoms with Crippen molar-refractivity contribution in [1.29, 1.82) is 0 Å². The Morgan fingerprint density at radius 1 is 1.38 bits per heavy atom. The second kappa shape index (κ2) is 7.59. The summed E-state index contributed by atoms with van der Waals surface area (Å²) in [4.78, 5) is 16.0. The molecule has 0 spiro atoms. The van der Waals surface area contributed by atoms with E-state index >= 15 is 0 Å². The second-order valence-corrected chi connectivity index (χ2v) is 5.30. The van der Waals surface area contributed by atoms with Crippen LogP contribution in [0, 0.1) is 0 Å². The van der Waals surface area contributed by atoms with Crippen molar-refractivity contribution in [3.8, 4) is 0 Å². The maximum Gasteiger partial charge on any atom is 0.237 e. The minimum absolute atomic E-state index is 0.0227. The first-order valence-electron chi connectivity index (χ1n) is 7.21. The summed E-state index contributed by atoms with van der Waals surface area (Å²) >= 11 is 0.